The Morgan fingerprint density at radius 1 is 1.38 bits per heavy atom. The Morgan fingerprint density at radius 3 is 2.90 bits per heavy atom. The molecule has 1 fully saturated rings. The average molecular weight is 293 g/mol. The summed E-state index contributed by atoms with van der Waals surface area (Å²) >= 11 is 0. The van der Waals surface area contributed by atoms with Gasteiger partial charge in [-0.2, -0.15) is 0 Å². The fraction of sp³-hybridized carbons (Fsp3) is 0.467. The number of para-hydroxylation sites is 2. The minimum absolute atomic E-state index is 0.334. The molecule has 0 radical (unpaired) electrons. The molecule has 6 nitrogen and oxygen atoms in total. The molecular formula is C15H19NO5. The maximum absolute atomic E-state index is 11.8. The van der Waals surface area contributed by atoms with Crippen molar-refractivity contribution in [3.63, 3.8) is 0 Å². The second-order valence-electron chi connectivity index (χ2n) is 4.59. The number of rotatable bonds is 6. The molecule has 1 atom stereocenters. The summed E-state index contributed by atoms with van der Waals surface area (Å²) in [5.41, 5.74) is 0.553. The van der Waals surface area contributed by atoms with E-state index < -0.39 is 18.0 Å². The Morgan fingerprint density at radius 2 is 2.19 bits per heavy atom. The third-order valence-electron chi connectivity index (χ3n) is 3.00. The summed E-state index contributed by atoms with van der Waals surface area (Å²) in [6.07, 6.45) is 0.954. The van der Waals surface area contributed by atoms with E-state index in [2.05, 4.69) is 5.32 Å². The van der Waals surface area contributed by atoms with Crippen molar-refractivity contribution in [3.8, 4) is 5.75 Å². The number of ether oxygens (including phenoxy) is 3. The first-order valence-electron chi connectivity index (χ1n) is 7.00. The molecule has 114 valence electrons. The Hall–Kier alpha value is -2.08. The van der Waals surface area contributed by atoms with Crippen molar-refractivity contribution >= 4 is 17.6 Å². The minimum Gasteiger partial charge on any atom is -0.492 e. The molecule has 1 N–H and O–H groups in total. The van der Waals surface area contributed by atoms with Crippen molar-refractivity contribution in [2.24, 2.45) is 0 Å². The third-order valence-corrected chi connectivity index (χ3v) is 3.00. The normalized spacial score (nSPS) is 17.3. The Kier molecular flexibility index (Phi) is 5.57. The molecule has 1 aliphatic rings. The van der Waals surface area contributed by atoms with E-state index in [1.54, 1.807) is 18.2 Å². The molecule has 1 saturated heterocycles. The fourth-order valence-electron chi connectivity index (χ4n) is 2.03. The molecule has 2 rings (SSSR count). The topological polar surface area (TPSA) is 73.9 Å². The van der Waals surface area contributed by atoms with Crippen LogP contribution in [-0.4, -0.2) is 37.8 Å². The number of esters is 1. The molecule has 0 saturated carbocycles. The van der Waals surface area contributed by atoms with Gasteiger partial charge in [0.25, 0.3) is 5.91 Å². The van der Waals surface area contributed by atoms with Crippen LogP contribution in [0.2, 0.25) is 0 Å². The second kappa shape index (κ2) is 7.64. The summed E-state index contributed by atoms with van der Waals surface area (Å²) < 4.78 is 15.5. The van der Waals surface area contributed by atoms with Gasteiger partial charge in [0.05, 0.1) is 12.3 Å². The van der Waals surface area contributed by atoms with Gasteiger partial charge < -0.3 is 19.5 Å². The molecule has 1 heterocycles. The number of anilines is 1. The Labute approximate surface area is 123 Å². The first-order valence-corrected chi connectivity index (χ1v) is 7.00. The second-order valence-corrected chi connectivity index (χ2v) is 4.59. The summed E-state index contributed by atoms with van der Waals surface area (Å²) in [6, 6.07) is 7.09. The Bertz CT molecular complexity index is 497. The van der Waals surface area contributed by atoms with Crippen LogP contribution in [0.3, 0.4) is 0 Å². The highest BCUT2D eigenvalue weighted by atomic mass is 16.6. The molecule has 0 aliphatic carbocycles. The van der Waals surface area contributed by atoms with Crippen molar-refractivity contribution in [1.29, 1.82) is 0 Å². The van der Waals surface area contributed by atoms with Gasteiger partial charge in [-0.05, 0) is 31.9 Å². The van der Waals surface area contributed by atoms with E-state index in [9.17, 15) is 9.59 Å². The number of hydrogen-bond acceptors (Lipinski definition) is 5. The van der Waals surface area contributed by atoms with Gasteiger partial charge in [0.15, 0.2) is 12.7 Å². The molecular weight excluding hydrogens is 274 g/mol. The van der Waals surface area contributed by atoms with Crippen molar-refractivity contribution in [1.82, 2.24) is 0 Å². The highest BCUT2D eigenvalue weighted by Gasteiger charge is 2.25. The lowest BCUT2D eigenvalue weighted by Gasteiger charge is -2.12. The van der Waals surface area contributed by atoms with Crippen LogP contribution < -0.4 is 10.1 Å². The molecule has 0 bridgehead atoms. The lowest BCUT2D eigenvalue weighted by molar-refractivity contribution is -0.156. The van der Waals surface area contributed by atoms with Crippen molar-refractivity contribution in [2.45, 2.75) is 25.9 Å². The van der Waals surface area contributed by atoms with Gasteiger partial charge in [-0.3, -0.25) is 4.79 Å². The monoisotopic (exact) mass is 293 g/mol. The van der Waals surface area contributed by atoms with E-state index in [-0.39, 0.29) is 6.61 Å². The molecule has 0 aromatic heterocycles. The van der Waals surface area contributed by atoms with Gasteiger partial charge in [0, 0.05) is 6.61 Å². The largest absolute Gasteiger partial charge is 0.492 e. The van der Waals surface area contributed by atoms with Gasteiger partial charge in [-0.25, -0.2) is 4.79 Å². The van der Waals surface area contributed by atoms with Gasteiger partial charge in [-0.15, -0.1) is 0 Å². The van der Waals surface area contributed by atoms with E-state index in [0.29, 0.717) is 31.1 Å². The van der Waals surface area contributed by atoms with E-state index in [4.69, 9.17) is 14.2 Å². The minimum atomic E-state index is -0.534. The number of benzene rings is 1. The summed E-state index contributed by atoms with van der Waals surface area (Å²) in [5, 5.41) is 2.66. The van der Waals surface area contributed by atoms with Crippen LogP contribution in [0.15, 0.2) is 24.3 Å². The molecule has 21 heavy (non-hydrogen) atoms. The van der Waals surface area contributed by atoms with Crippen molar-refractivity contribution in [2.75, 3.05) is 25.1 Å². The first kappa shape index (κ1) is 15.3. The summed E-state index contributed by atoms with van der Waals surface area (Å²) in [4.78, 5) is 23.4. The fourth-order valence-corrected chi connectivity index (χ4v) is 2.03. The van der Waals surface area contributed by atoms with E-state index in [0.717, 1.165) is 6.42 Å². The number of nitrogens with one attached hydrogen (secondary N) is 1. The molecule has 0 spiro atoms. The summed E-state index contributed by atoms with van der Waals surface area (Å²) in [6.45, 7) is 2.59. The highest BCUT2D eigenvalue weighted by Crippen LogP contribution is 2.23. The highest BCUT2D eigenvalue weighted by molar-refractivity contribution is 5.94. The zero-order valence-electron chi connectivity index (χ0n) is 12.0. The van der Waals surface area contributed by atoms with E-state index in [1.165, 1.54) is 0 Å². The van der Waals surface area contributed by atoms with E-state index in [1.807, 2.05) is 13.0 Å². The van der Waals surface area contributed by atoms with Gasteiger partial charge in [0.2, 0.25) is 0 Å². The maximum Gasteiger partial charge on any atom is 0.335 e. The number of amides is 1. The van der Waals surface area contributed by atoms with Crippen LogP contribution in [0, 0.1) is 0 Å². The van der Waals surface area contributed by atoms with E-state index >= 15 is 0 Å². The molecule has 1 aromatic carbocycles. The molecule has 1 aliphatic heterocycles. The number of carbonyl (C=O) groups is 2. The molecule has 1 amide bonds. The van der Waals surface area contributed by atoms with Crippen LogP contribution in [0.1, 0.15) is 19.8 Å². The Balaban J connectivity index is 1.82. The van der Waals surface area contributed by atoms with Crippen LogP contribution in [-0.2, 0) is 19.1 Å². The smallest absolute Gasteiger partial charge is 0.335 e. The van der Waals surface area contributed by atoms with Crippen LogP contribution in [0.5, 0.6) is 5.75 Å². The van der Waals surface area contributed by atoms with Gasteiger partial charge >= 0.3 is 5.97 Å². The zero-order chi connectivity index (χ0) is 15.1. The zero-order valence-corrected chi connectivity index (χ0v) is 12.0. The van der Waals surface area contributed by atoms with Crippen LogP contribution in [0.4, 0.5) is 5.69 Å². The summed E-state index contributed by atoms with van der Waals surface area (Å²) in [5.74, 6) is -0.312. The lowest BCUT2D eigenvalue weighted by Crippen LogP contribution is -2.27. The third kappa shape index (κ3) is 4.46. The average Bonchev–Trinajstić information content (AvgIpc) is 3.01. The van der Waals surface area contributed by atoms with Gasteiger partial charge in [-0.1, -0.05) is 12.1 Å². The van der Waals surface area contributed by atoms with Crippen LogP contribution in [0.25, 0.3) is 0 Å². The predicted molar refractivity (Wildman–Crippen MR) is 76.2 cm³/mol. The van der Waals surface area contributed by atoms with Crippen LogP contribution >= 0.6 is 0 Å². The van der Waals surface area contributed by atoms with Gasteiger partial charge in [0.1, 0.15) is 5.75 Å². The first-order chi connectivity index (χ1) is 10.2. The molecule has 1 aromatic rings. The lowest BCUT2D eigenvalue weighted by atomic mass is 10.2. The molecule has 0 unspecified atom stereocenters. The quantitative estimate of drug-likeness (QED) is 0.809. The molecule has 6 heteroatoms. The SMILES string of the molecule is CCOc1ccccc1NC(=O)COC(=O)[C@@H]1CCCO1. The number of carbonyl (C=O) groups excluding carboxylic acids is 2. The summed E-state index contributed by atoms with van der Waals surface area (Å²) in [7, 11) is 0. The predicted octanol–water partition coefficient (Wildman–Crippen LogP) is 1.75. The van der Waals surface area contributed by atoms with Crippen molar-refractivity contribution in [3.05, 3.63) is 24.3 Å². The number of hydrogen-bond donors (Lipinski definition) is 1. The van der Waals surface area contributed by atoms with Crippen molar-refractivity contribution < 1.29 is 23.8 Å². The maximum atomic E-state index is 11.8. The standard InChI is InChI=1S/C15H19NO5/c1-2-19-12-7-4-3-6-11(12)16-14(17)10-21-15(18)13-8-5-9-20-13/h3-4,6-7,13H,2,5,8-10H2,1H3,(H,16,17)/t13-/m0/s1.